The number of ether oxygens (including phenoxy) is 1. The summed E-state index contributed by atoms with van der Waals surface area (Å²) in [4.78, 5) is 16.0. The second-order valence-corrected chi connectivity index (χ2v) is 4.56. The van der Waals surface area contributed by atoms with Crippen molar-refractivity contribution in [2.24, 2.45) is 0 Å². The Labute approximate surface area is 110 Å². The summed E-state index contributed by atoms with van der Waals surface area (Å²) in [5.41, 5.74) is 0.711. The summed E-state index contributed by atoms with van der Waals surface area (Å²) in [6.45, 7) is 2.16. The highest BCUT2D eigenvalue weighted by Crippen LogP contribution is 2.19. The maximum atomic E-state index is 11.7. The molecule has 5 nitrogen and oxygen atoms in total. The molecule has 5 heteroatoms. The van der Waals surface area contributed by atoms with E-state index < -0.39 is 0 Å². The Hall–Kier alpha value is -2.30. The van der Waals surface area contributed by atoms with Crippen LogP contribution in [0, 0.1) is 0 Å². The van der Waals surface area contributed by atoms with Crippen molar-refractivity contribution in [1.29, 1.82) is 0 Å². The van der Waals surface area contributed by atoms with Gasteiger partial charge in [0, 0.05) is 12.5 Å². The third-order valence-corrected chi connectivity index (χ3v) is 2.93. The van der Waals surface area contributed by atoms with Crippen molar-refractivity contribution >= 4 is 5.91 Å². The SMILES string of the molecule is CC1Cc2nc(COc3ccccc3)oc2C(=O)N1. The molecule has 1 unspecified atom stereocenters. The topological polar surface area (TPSA) is 64.4 Å². The smallest absolute Gasteiger partial charge is 0.289 e. The van der Waals surface area contributed by atoms with E-state index in [1.54, 1.807) is 0 Å². The molecule has 0 aliphatic carbocycles. The Balaban J connectivity index is 1.73. The Kier molecular flexibility index (Phi) is 2.95. The van der Waals surface area contributed by atoms with Crippen LogP contribution in [0.1, 0.15) is 29.1 Å². The van der Waals surface area contributed by atoms with Gasteiger partial charge in [-0.15, -0.1) is 0 Å². The third kappa shape index (κ3) is 2.45. The van der Waals surface area contributed by atoms with Crippen LogP contribution in [-0.4, -0.2) is 16.9 Å². The molecular weight excluding hydrogens is 244 g/mol. The fourth-order valence-corrected chi connectivity index (χ4v) is 2.07. The van der Waals surface area contributed by atoms with E-state index in [-0.39, 0.29) is 18.6 Å². The number of carbonyl (C=O) groups excluding carboxylic acids is 1. The number of hydrogen-bond donors (Lipinski definition) is 1. The van der Waals surface area contributed by atoms with Crippen LogP contribution in [-0.2, 0) is 13.0 Å². The lowest BCUT2D eigenvalue weighted by Crippen LogP contribution is -2.38. The van der Waals surface area contributed by atoms with E-state index >= 15 is 0 Å². The van der Waals surface area contributed by atoms with Crippen LogP contribution in [0.3, 0.4) is 0 Å². The number of para-hydroxylation sites is 1. The fourth-order valence-electron chi connectivity index (χ4n) is 2.07. The van der Waals surface area contributed by atoms with Gasteiger partial charge >= 0.3 is 0 Å². The zero-order chi connectivity index (χ0) is 13.2. The molecule has 0 saturated heterocycles. The van der Waals surface area contributed by atoms with Crippen molar-refractivity contribution in [2.75, 3.05) is 0 Å². The first kappa shape index (κ1) is 11.8. The average molecular weight is 258 g/mol. The van der Waals surface area contributed by atoms with E-state index in [1.165, 1.54) is 0 Å². The number of fused-ring (bicyclic) bond motifs is 1. The van der Waals surface area contributed by atoms with Crippen LogP contribution >= 0.6 is 0 Å². The number of carbonyl (C=O) groups is 1. The van der Waals surface area contributed by atoms with E-state index in [1.807, 2.05) is 37.3 Å². The first-order valence-corrected chi connectivity index (χ1v) is 6.19. The molecule has 0 bridgehead atoms. The number of benzene rings is 1. The molecule has 19 heavy (non-hydrogen) atoms. The molecule has 1 aromatic carbocycles. The molecule has 0 fully saturated rings. The minimum absolute atomic E-state index is 0.0907. The number of oxazole rings is 1. The first-order valence-electron chi connectivity index (χ1n) is 6.19. The lowest BCUT2D eigenvalue weighted by molar-refractivity contribution is 0.0894. The van der Waals surface area contributed by atoms with Gasteiger partial charge < -0.3 is 14.5 Å². The predicted octanol–water partition coefficient (Wildman–Crippen LogP) is 1.93. The zero-order valence-electron chi connectivity index (χ0n) is 10.6. The monoisotopic (exact) mass is 258 g/mol. The van der Waals surface area contributed by atoms with E-state index in [2.05, 4.69) is 10.3 Å². The van der Waals surface area contributed by atoms with Gasteiger partial charge in [0.25, 0.3) is 5.91 Å². The van der Waals surface area contributed by atoms with Gasteiger partial charge in [0.2, 0.25) is 11.7 Å². The second kappa shape index (κ2) is 4.76. The Morgan fingerprint density at radius 1 is 1.42 bits per heavy atom. The lowest BCUT2D eigenvalue weighted by Gasteiger charge is -2.16. The van der Waals surface area contributed by atoms with Crippen molar-refractivity contribution in [1.82, 2.24) is 10.3 Å². The Morgan fingerprint density at radius 3 is 3.00 bits per heavy atom. The summed E-state index contributed by atoms with van der Waals surface area (Å²) < 4.78 is 11.0. The van der Waals surface area contributed by atoms with Gasteiger partial charge in [-0.2, -0.15) is 0 Å². The molecule has 0 saturated carbocycles. The minimum atomic E-state index is -0.202. The zero-order valence-corrected chi connectivity index (χ0v) is 10.6. The molecule has 1 atom stereocenters. The molecule has 0 radical (unpaired) electrons. The van der Waals surface area contributed by atoms with E-state index in [9.17, 15) is 4.79 Å². The number of hydrogen-bond acceptors (Lipinski definition) is 4. The van der Waals surface area contributed by atoms with E-state index in [4.69, 9.17) is 9.15 Å². The highest BCUT2D eigenvalue weighted by atomic mass is 16.5. The summed E-state index contributed by atoms with van der Waals surface area (Å²) in [5.74, 6) is 1.28. The maximum absolute atomic E-state index is 11.7. The van der Waals surface area contributed by atoms with Gasteiger partial charge in [0.1, 0.15) is 5.75 Å². The van der Waals surface area contributed by atoms with Crippen molar-refractivity contribution in [3.05, 3.63) is 47.7 Å². The highest BCUT2D eigenvalue weighted by molar-refractivity contribution is 5.93. The van der Waals surface area contributed by atoms with Gasteiger partial charge in [-0.05, 0) is 19.1 Å². The largest absolute Gasteiger partial charge is 0.484 e. The molecule has 1 aliphatic heterocycles. The minimum Gasteiger partial charge on any atom is -0.484 e. The van der Waals surface area contributed by atoms with Crippen LogP contribution < -0.4 is 10.1 Å². The average Bonchev–Trinajstić information content (AvgIpc) is 2.81. The van der Waals surface area contributed by atoms with Gasteiger partial charge in [-0.3, -0.25) is 4.79 Å². The third-order valence-electron chi connectivity index (χ3n) is 2.93. The molecule has 3 rings (SSSR count). The van der Waals surface area contributed by atoms with Crippen LogP contribution in [0.25, 0.3) is 0 Å². The van der Waals surface area contributed by atoms with Crippen LogP contribution in [0.4, 0.5) is 0 Å². The lowest BCUT2D eigenvalue weighted by atomic mass is 10.1. The first-order chi connectivity index (χ1) is 9.22. The van der Waals surface area contributed by atoms with Crippen molar-refractivity contribution in [3.63, 3.8) is 0 Å². The summed E-state index contributed by atoms with van der Waals surface area (Å²) in [5, 5.41) is 2.81. The normalized spacial score (nSPS) is 17.7. The summed E-state index contributed by atoms with van der Waals surface area (Å²) >= 11 is 0. The molecule has 1 aromatic heterocycles. The standard InChI is InChI=1S/C14H14N2O3/c1-9-7-11-13(14(17)15-9)19-12(16-11)8-18-10-5-3-2-4-6-10/h2-6,9H,7-8H2,1H3,(H,15,17). The summed E-state index contributed by atoms with van der Waals surface area (Å²) in [7, 11) is 0. The van der Waals surface area contributed by atoms with Crippen LogP contribution in [0.15, 0.2) is 34.7 Å². The molecule has 1 aliphatic rings. The van der Waals surface area contributed by atoms with Crippen molar-refractivity contribution < 1.29 is 13.9 Å². The molecular formula is C14H14N2O3. The Bertz CT molecular complexity index is 592. The molecule has 0 spiro atoms. The van der Waals surface area contributed by atoms with E-state index in [0.29, 0.717) is 23.8 Å². The molecule has 2 aromatic rings. The van der Waals surface area contributed by atoms with Crippen molar-refractivity contribution in [3.8, 4) is 5.75 Å². The number of rotatable bonds is 3. The van der Waals surface area contributed by atoms with Crippen LogP contribution in [0.5, 0.6) is 5.75 Å². The van der Waals surface area contributed by atoms with Crippen molar-refractivity contribution in [2.45, 2.75) is 26.0 Å². The Morgan fingerprint density at radius 2 is 2.21 bits per heavy atom. The van der Waals surface area contributed by atoms with Gasteiger partial charge in [0.15, 0.2) is 6.61 Å². The molecule has 1 N–H and O–H groups in total. The quantitative estimate of drug-likeness (QED) is 0.913. The van der Waals surface area contributed by atoms with Crippen LogP contribution in [0.2, 0.25) is 0 Å². The molecule has 1 amide bonds. The van der Waals surface area contributed by atoms with Gasteiger partial charge in [-0.1, -0.05) is 18.2 Å². The predicted molar refractivity (Wildman–Crippen MR) is 67.9 cm³/mol. The molecule has 2 heterocycles. The number of amides is 1. The summed E-state index contributed by atoms with van der Waals surface area (Å²) in [6.07, 6.45) is 0.690. The number of aromatic nitrogens is 1. The second-order valence-electron chi connectivity index (χ2n) is 4.56. The number of nitrogens with zero attached hydrogens (tertiary/aromatic N) is 1. The molecule has 98 valence electrons. The van der Waals surface area contributed by atoms with Gasteiger partial charge in [-0.25, -0.2) is 4.98 Å². The van der Waals surface area contributed by atoms with E-state index in [0.717, 1.165) is 5.75 Å². The fraction of sp³-hybridized carbons (Fsp3) is 0.286. The highest BCUT2D eigenvalue weighted by Gasteiger charge is 2.27. The van der Waals surface area contributed by atoms with Gasteiger partial charge in [0.05, 0.1) is 5.69 Å². The summed E-state index contributed by atoms with van der Waals surface area (Å²) in [6, 6.07) is 9.52. The number of nitrogens with one attached hydrogen (secondary N) is 1. The maximum Gasteiger partial charge on any atom is 0.289 e.